The lowest BCUT2D eigenvalue weighted by atomic mass is 10.1. The second-order valence-electron chi connectivity index (χ2n) is 6.24. The first-order valence-electron chi connectivity index (χ1n) is 8.78. The van der Waals surface area contributed by atoms with Crippen molar-refractivity contribution in [2.75, 3.05) is 23.4 Å². The van der Waals surface area contributed by atoms with Crippen LogP contribution in [0.25, 0.3) is 10.9 Å². The summed E-state index contributed by atoms with van der Waals surface area (Å²) in [6, 6.07) is 13.2. The Bertz CT molecular complexity index is 1120. The van der Waals surface area contributed by atoms with Gasteiger partial charge >= 0.3 is 0 Å². The van der Waals surface area contributed by atoms with Gasteiger partial charge in [0.15, 0.2) is 5.75 Å². The van der Waals surface area contributed by atoms with Crippen molar-refractivity contribution < 1.29 is 9.53 Å². The molecular weight excluding hydrogens is 354 g/mol. The molecule has 1 aliphatic heterocycles. The molecule has 28 heavy (non-hydrogen) atoms. The summed E-state index contributed by atoms with van der Waals surface area (Å²) in [5, 5.41) is 13.1. The van der Waals surface area contributed by atoms with Gasteiger partial charge in [0.2, 0.25) is 0 Å². The molecule has 0 fully saturated rings. The van der Waals surface area contributed by atoms with Gasteiger partial charge in [-0.25, -0.2) is 9.97 Å². The first kappa shape index (κ1) is 17.5. The lowest BCUT2D eigenvalue weighted by Gasteiger charge is -2.29. The van der Waals surface area contributed by atoms with Crippen molar-refractivity contribution in [3.8, 4) is 11.8 Å². The second-order valence-corrected chi connectivity index (χ2v) is 6.24. The molecule has 0 aliphatic carbocycles. The van der Waals surface area contributed by atoms with Crippen molar-refractivity contribution in [1.82, 2.24) is 9.97 Å². The first-order chi connectivity index (χ1) is 13.7. The fourth-order valence-corrected chi connectivity index (χ4v) is 3.24. The van der Waals surface area contributed by atoms with Crippen molar-refractivity contribution in [3.63, 3.8) is 0 Å². The summed E-state index contributed by atoms with van der Waals surface area (Å²) < 4.78 is 5.90. The monoisotopic (exact) mass is 371 g/mol. The van der Waals surface area contributed by atoms with E-state index in [-0.39, 0.29) is 5.91 Å². The van der Waals surface area contributed by atoms with E-state index in [0.717, 1.165) is 16.5 Å². The molecule has 1 aliphatic rings. The summed E-state index contributed by atoms with van der Waals surface area (Å²) in [5.41, 5.74) is 2.95. The summed E-state index contributed by atoms with van der Waals surface area (Å²) in [6.07, 6.45) is 2.78. The van der Waals surface area contributed by atoms with E-state index in [2.05, 4.69) is 27.9 Å². The topological polar surface area (TPSA) is 91.1 Å². The number of anilines is 2. The molecule has 7 nitrogen and oxygen atoms in total. The van der Waals surface area contributed by atoms with Crippen molar-refractivity contribution in [2.24, 2.45) is 0 Å². The summed E-state index contributed by atoms with van der Waals surface area (Å²) >= 11 is 0. The summed E-state index contributed by atoms with van der Waals surface area (Å²) in [5.74, 6) is 1.01. The third-order valence-electron chi connectivity index (χ3n) is 4.54. The van der Waals surface area contributed by atoms with Crippen LogP contribution < -0.4 is 15.0 Å². The van der Waals surface area contributed by atoms with Crippen LogP contribution in [0.5, 0.6) is 5.75 Å². The molecule has 7 heteroatoms. The highest BCUT2D eigenvalue weighted by Crippen LogP contribution is 2.40. The standard InChI is InChI=1S/C21H17N5O2/c1-2-18(27)26-8-9-28-20-17(26)7-6-16-19(20)21(25-13-24-16)23-12-15-5-3-4-14(10-15)11-22/h2-7,10,13H,1,8-9,12H2,(H,23,24,25). The summed E-state index contributed by atoms with van der Waals surface area (Å²) in [7, 11) is 0. The maximum absolute atomic E-state index is 12.2. The zero-order valence-electron chi connectivity index (χ0n) is 15.1. The van der Waals surface area contributed by atoms with Crippen LogP contribution in [0.3, 0.4) is 0 Å². The number of carbonyl (C=O) groups is 1. The molecule has 0 atom stereocenters. The predicted octanol–water partition coefficient (Wildman–Crippen LogP) is 3.02. The maximum Gasteiger partial charge on any atom is 0.250 e. The molecule has 0 saturated heterocycles. The number of benzene rings is 2. The molecule has 0 unspecified atom stereocenters. The quantitative estimate of drug-likeness (QED) is 0.709. The molecule has 3 aromatic rings. The van der Waals surface area contributed by atoms with E-state index in [4.69, 9.17) is 10.00 Å². The average Bonchev–Trinajstić information content (AvgIpc) is 2.76. The fraction of sp³-hybridized carbons (Fsp3) is 0.143. The minimum absolute atomic E-state index is 0.177. The van der Waals surface area contributed by atoms with Gasteiger partial charge in [-0.3, -0.25) is 4.79 Å². The van der Waals surface area contributed by atoms with Crippen LogP contribution in [0, 0.1) is 11.3 Å². The van der Waals surface area contributed by atoms with Gasteiger partial charge in [0.25, 0.3) is 5.91 Å². The molecule has 2 heterocycles. The van der Waals surface area contributed by atoms with Crippen molar-refractivity contribution in [2.45, 2.75) is 6.54 Å². The van der Waals surface area contributed by atoms with E-state index in [1.807, 2.05) is 30.3 Å². The Morgan fingerprint density at radius 1 is 1.36 bits per heavy atom. The molecule has 1 aromatic heterocycles. The van der Waals surface area contributed by atoms with Crippen LogP contribution in [0.4, 0.5) is 11.5 Å². The predicted molar refractivity (Wildman–Crippen MR) is 106 cm³/mol. The molecule has 0 saturated carbocycles. The van der Waals surface area contributed by atoms with E-state index in [0.29, 0.717) is 42.5 Å². The minimum Gasteiger partial charge on any atom is -0.489 e. The molecule has 4 rings (SSSR count). The van der Waals surface area contributed by atoms with Gasteiger partial charge in [0.05, 0.1) is 34.8 Å². The third kappa shape index (κ3) is 3.12. The van der Waals surface area contributed by atoms with Crippen LogP contribution >= 0.6 is 0 Å². The van der Waals surface area contributed by atoms with Crippen LogP contribution in [0.15, 0.2) is 55.4 Å². The number of amides is 1. The van der Waals surface area contributed by atoms with E-state index in [1.165, 1.54) is 12.4 Å². The molecule has 0 radical (unpaired) electrons. The van der Waals surface area contributed by atoms with E-state index in [1.54, 1.807) is 11.0 Å². The van der Waals surface area contributed by atoms with Gasteiger partial charge in [-0.1, -0.05) is 18.7 Å². The summed E-state index contributed by atoms with van der Waals surface area (Å²) in [4.78, 5) is 22.5. The Labute approximate surface area is 161 Å². The number of hydrogen-bond acceptors (Lipinski definition) is 6. The molecule has 0 spiro atoms. The number of carbonyl (C=O) groups excluding carboxylic acids is 1. The van der Waals surface area contributed by atoms with Crippen molar-refractivity contribution >= 4 is 28.3 Å². The van der Waals surface area contributed by atoms with Gasteiger partial charge < -0.3 is 15.0 Å². The third-order valence-corrected chi connectivity index (χ3v) is 4.54. The number of hydrogen-bond donors (Lipinski definition) is 1. The second kappa shape index (κ2) is 7.37. The Morgan fingerprint density at radius 3 is 3.07 bits per heavy atom. The van der Waals surface area contributed by atoms with Crippen LogP contribution in [-0.2, 0) is 11.3 Å². The smallest absolute Gasteiger partial charge is 0.250 e. The SMILES string of the molecule is C=CC(=O)N1CCOc2c1ccc1ncnc(NCc3cccc(C#N)c3)c21. The molecule has 138 valence electrons. The van der Waals surface area contributed by atoms with E-state index >= 15 is 0 Å². The van der Waals surface area contributed by atoms with E-state index in [9.17, 15) is 4.79 Å². The van der Waals surface area contributed by atoms with Gasteiger partial charge in [-0.05, 0) is 35.9 Å². The zero-order chi connectivity index (χ0) is 19.5. The maximum atomic E-state index is 12.2. The largest absolute Gasteiger partial charge is 0.489 e. The Kier molecular flexibility index (Phi) is 4.60. The highest BCUT2D eigenvalue weighted by atomic mass is 16.5. The number of fused-ring (bicyclic) bond motifs is 3. The molecular formula is C21H17N5O2. The van der Waals surface area contributed by atoms with Crippen LogP contribution in [0.2, 0.25) is 0 Å². The minimum atomic E-state index is -0.177. The van der Waals surface area contributed by atoms with Crippen LogP contribution in [-0.4, -0.2) is 29.0 Å². The average molecular weight is 371 g/mol. The molecule has 2 aromatic carbocycles. The summed E-state index contributed by atoms with van der Waals surface area (Å²) in [6.45, 7) is 4.90. The number of nitrogens with one attached hydrogen (secondary N) is 1. The van der Waals surface area contributed by atoms with Crippen molar-refractivity contribution in [3.05, 3.63) is 66.5 Å². The van der Waals surface area contributed by atoms with Gasteiger partial charge in [0.1, 0.15) is 18.8 Å². The van der Waals surface area contributed by atoms with Gasteiger partial charge in [0, 0.05) is 6.54 Å². The highest BCUT2D eigenvalue weighted by molar-refractivity contribution is 6.07. The van der Waals surface area contributed by atoms with Crippen LogP contribution in [0.1, 0.15) is 11.1 Å². The van der Waals surface area contributed by atoms with E-state index < -0.39 is 0 Å². The van der Waals surface area contributed by atoms with Gasteiger partial charge in [-0.15, -0.1) is 0 Å². The number of nitriles is 1. The molecule has 1 amide bonds. The normalized spacial score (nSPS) is 12.6. The van der Waals surface area contributed by atoms with Gasteiger partial charge in [-0.2, -0.15) is 5.26 Å². The number of aromatic nitrogens is 2. The fourth-order valence-electron chi connectivity index (χ4n) is 3.24. The number of ether oxygens (including phenoxy) is 1. The molecule has 0 bridgehead atoms. The molecule has 1 N–H and O–H groups in total. The Hall–Kier alpha value is -3.92. The highest BCUT2D eigenvalue weighted by Gasteiger charge is 2.25. The Balaban J connectivity index is 1.74. The first-order valence-corrected chi connectivity index (χ1v) is 8.78. The van der Waals surface area contributed by atoms with Crippen molar-refractivity contribution in [1.29, 1.82) is 5.26 Å². The lowest BCUT2D eigenvalue weighted by molar-refractivity contribution is -0.114. The number of rotatable bonds is 4. The zero-order valence-corrected chi connectivity index (χ0v) is 15.1. The number of nitrogens with zero attached hydrogens (tertiary/aromatic N) is 4. The lowest BCUT2D eigenvalue weighted by Crippen LogP contribution is -2.36. The Morgan fingerprint density at radius 2 is 2.25 bits per heavy atom.